The van der Waals surface area contributed by atoms with E-state index < -0.39 is 11.7 Å². The molecule has 0 unspecified atom stereocenters. The van der Waals surface area contributed by atoms with Crippen molar-refractivity contribution < 1.29 is 14.0 Å². The van der Waals surface area contributed by atoms with E-state index >= 15 is 0 Å². The van der Waals surface area contributed by atoms with Crippen LogP contribution in [0.4, 0.5) is 15.2 Å². The molecule has 2 aromatic heterocycles. The van der Waals surface area contributed by atoms with Crippen molar-refractivity contribution in [3.05, 3.63) is 72.3 Å². The van der Waals surface area contributed by atoms with Gasteiger partial charge in [-0.05, 0) is 24.3 Å². The lowest BCUT2D eigenvalue weighted by Gasteiger charge is -2.34. The van der Waals surface area contributed by atoms with Gasteiger partial charge in [0.15, 0.2) is 5.13 Å². The molecular weight excluding hydrogens is 443 g/mol. The Bertz CT molecular complexity index is 1280. The zero-order chi connectivity index (χ0) is 22.8. The lowest BCUT2D eigenvalue weighted by molar-refractivity contribution is -0.132. The number of nitrogens with one attached hydrogen (secondary N) is 1. The van der Waals surface area contributed by atoms with Crippen LogP contribution in [0.15, 0.2) is 60.9 Å². The number of fused-ring (bicyclic) bond motifs is 1. The number of carbonyl (C=O) groups excluding carboxylic acids is 2. The lowest BCUT2D eigenvalue weighted by Crippen LogP contribution is -2.49. The Labute approximate surface area is 193 Å². The molecule has 5 rings (SSSR count). The summed E-state index contributed by atoms with van der Waals surface area (Å²) >= 11 is 1.66. The number of benzene rings is 2. The summed E-state index contributed by atoms with van der Waals surface area (Å²) < 4.78 is 16.4. The van der Waals surface area contributed by atoms with Crippen LogP contribution in [0, 0.1) is 5.82 Å². The Hall–Kier alpha value is -3.79. The van der Waals surface area contributed by atoms with Crippen LogP contribution in [0.5, 0.6) is 0 Å². The molecule has 1 aliphatic rings. The molecule has 2 amide bonds. The molecule has 0 saturated carbocycles. The molecule has 168 valence electrons. The largest absolute Gasteiger partial charge is 0.345 e. The molecule has 33 heavy (non-hydrogen) atoms. The van der Waals surface area contributed by atoms with Crippen molar-refractivity contribution in [1.82, 2.24) is 19.7 Å². The van der Waals surface area contributed by atoms with Crippen molar-refractivity contribution in [3.63, 3.8) is 0 Å². The minimum Gasteiger partial charge on any atom is -0.345 e. The number of nitrogens with zero attached hydrogens (tertiary/aromatic N) is 5. The molecule has 8 nitrogen and oxygen atoms in total. The van der Waals surface area contributed by atoms with E-state index in [2.05, 4.69) is 21.4 Å². The van der Waals surface area contributed by atoms with Gasteiger partial charge in [-0.1, -0.05) is 35.6 Å². The second kappa shape index (κ2) is 8.99. The Morgan fingerprint density at radius 2 is 1.79 bits per heavy atom. The molecule has 0 radical (unpaired) electrons. The highest BCUT2D eigenvalue weighted by atomic mass is 32.1. The van der Waals surface area contributed by atoms with Gasteiger partial charge in [-0.3, -0.25) is 14.3 Å². The van der Waals surface area contributed by atoms with E-state index in [-0.39, 0.29) is 18.0 Å². The van der Waals surface area contributed by atoms with Crippen molar-refractivity contribution in [2.75, 3.05) is 36.4 Å². The van der Waals surface area contributed by atoms with Gasteiger partial charge in [-0.25, -0.2) is 9.37 Å². The summed E-state index contributed by atoms with van der Waals surface area (Å²) in [7, 11) is 0. The maximum atomic E-state index is 13.8. The molecule has 1 saturated heterocycles. The Morgan fingerprint density at radius 3 is 2.58 bits per heavy atom. The third-order valence-electron chi connectivity index (χ3n) is 5.49. The van der Waals surface area contributed by atoms with Crippen molar-refractivity contribution >= 4 is 44.2 Å². The van der Waals surface area contributed by atoms with Crippen LogP contribution in [-0.2, 0) is 11.3 Å². The number of rotatable bonds is 5. The molecule has 1 N–H and O–H groups in total. The van der Waals surface area contributed by atoms with Gasteiger partial charge in [-0.15, -0.1) is 0 Å². The number of thiazole rings is 1. The third-order valence-corrected chi connectivity index (χ3v) is 6.59. The molecule has 0 atom stereocenters. The van der Waals surface area contributed by atoms with Crippen LogP contribution in [0.2, 0.25) is 0 Å². The average Bonchev–Trinajstić information content (AvgIpc) is 3.46. The highest BCUT2D eigenvalue weighted by Crippen LogP contribution is 2.29. The number of hydrogen-bond donors (Lipinski definition) is 1. The Balaban J connectivity index is 1.15. The number of piperazine rings is 1. The molecular formula is C23H21FN6O2S. The van der Waals surface area contributed by atoms with E-state index in [4.69, 9.17) is 4.98 Å². The van der Waals surface area contributed by atoms with E-state index in [1.807, 2.05) is 23.1 Å². The fourth-order valence-electron chi connectivity index (χ4n) is 3.74. The highest BCUT2D eigenvalue weighted by molar-refractivity contribution is 7.22. The first kappa shape index (κ1) is 21.1. The maximum Gasteiger partial charge on any atom is 0.258 e. The molecule has 10 heteroatoms. The highest BCUT2D eigenvalue weighted by Gasteiger charge is 2.23. The topological polar surface area (TPSA) is 83.4 Å². The van der Waals surface area contributed by atoms with Crippen LogP contribution in [-0.4, -0.2) is 57.7 Å². The molecule has 1 fully saturated rings. The Morgan fingerprint density at radius 1 is 1.03 bits per heavy atom. The summed E-state index contributed by atoms with van der Waals surface area (Å²) in [5.74, 6) is -1.21. The molecule has 2 aromatic carbocycles. The predicted octanol–water partition coefficient (Wildman–Crippen LogP) is 3.23. The summed E-state index contributed by atoms with van der Waals surface area (Å²) in [6, 6.07) is 13.8. The average molecular weight is 465 g/mol. The molecule has 1 aliphatic heterocycles. The summed E-state index contributed by atoms with van der Waals surface area (Å²) in [5.41, 5.74) is 1.34. The predicted molar refractivity (Wildman–Crippen MR) is 125 cm³/mol. The minimum absolute atomic E-state index is 0.0472. The van der Waals surface area contributed by atoms with Crippen LogP contribution >= 0.6 is 11.3 Å². The molecule has 0 aliphatic carbocycles. The van der Waals surface area contributed by atoms with E-state index in [0.717, 1.165) is 15.3 Å². The summed E-state index contributed by atoms with van der Waals surface area (Å²) in [5, 5.41) is 7.73. The molecule has 3 heterocycles. The van der Waals surface area contributed by atoms with Gasteiger partial charge in [0.05, 0.1) is 27.7 Å². The van der Waals surface area contributed by atoms with E-state index in [0.29, 0.717) is 31.9 Å². The fraction of sp³-hybridized carbons (Fsp3) is 0.217. The normalized spacial score (nSPS) is 14.0. The number of para-hydroxylation sites is 1. The monoisotopic (exact) mass is 464 g/mol. The third kappa shape index (κ3) is 4.56. The standard InChI is InChI=1S/C23H21FN6O2S/c24-18-6-2-1-5-17(18)22(32)26-16-13-25-30(14-16)15-21(31)28-9-11-29(12-10-28)23-27-19-7-3-4-8-20(19)33-23/h1-8,13-14H,9-12,15H2,(H,26,32). The molecule has 0 spiro atoms. The first-order valence-corrected chi connectivity index (χ1v) is 11.3. The minimum atomic E-state index is -0.595. The second-order valence-electron chi connectivity index (χ2n) is 7.69. The summed E-state index contributed by atoms with van der Waals surface area (Å²) in [4.78, 5) is 33.7. The smallest absolute Gasteiger partial charge is 0.258 e. The number of aromatic nitrogens is 3. The number of halogens is 1. The zero-order valence-corrected chi connectivity index (χ0v) is 18.5. The molecule has 4 aromatic rings. The van der Waals surface area contributed by atoms with Crippen LogP contribution in [0.25, 0.3) is 10.2 Å². The lowest BCUT2D eigenvalue weighted by atomic mass is 10.2. The second-order valence-corrected chi connectivity index (χ2v) is 8.70. The SMILES string of the molecule is O=C(Nc1cnn(CC(=O)N2CCN(c3nc4ccccc4s3)CC2)c1)c1ccccc1F. The summed E-state index contributed by atoms with van der Waals surface area (Å²) in [6.07, 6.45) is 3.01. The van der Waals surface area contributed by atoms with E-state index in [9.17, 15) is 14.0 Å². The van der Waals surface area contributed by atoms with Gasteiger partial charge in [0.25, 0.3) is 5.91 Å². The van der Waals surface area contributed by atoms with Gasteiger partial charge in [0, 0.05) is 32.4 Å². The number of amides is 2. The van der Waals surface area contributed by atoms with Crippen molar-refractivity contribution in [3.8, 4) is 0 Å². The first-order valence-electron chi connectivity index (χ1n) is 10.5. The van der Waals surface area contributed by atoms with Crippen molar-refractivity contribution in [2.45, 2.75) is 6.54 Å². The van der Waals surface area contributed by atoms with Gasteiger partial charge >= 0.3 is 0 Å². The quantitative estimate of drug-likeness (QED) is 0.490. The number of carbonyl (C=O) groups is 2. The Kier molecular flexibility index (Phi) is 5.74. The van der Waals surface area contributed by atoms with E-state index in [1.165, 1.54) is 29.1 Å². The van der Waals surface area contributed by atoms with Crippen LogP contribution in [0.1, 0.15) is 10.4 Å². The summed E-state index contributed by atoms with van der Waals surface area (Å²) in [6.45, 7) is 2.71. The molecule has 0 bridgehead atoms. The van der Waals surface area contributed by atoms with Gasteiger partial charge in [-0.2, -0.15) is 5.10 Å². The van der Waals surface area contributed by atoms with Gasteiger partial charge in [0.1, 0.15) is 12.4 Å². The maximum absolute atomic E-state index is 13.8. The van der Waals surface area contributed by atoms with Crippen LogP contribution in [0.3, 0.4) is 0 Å². The van der Waals surface area contributed by atoms with Crippen molar-refractivity contribution in [1.29, 1.82) is 0 Å². The van der Waals surface area contributed by atoms with Crippen LogP contribution < -0.4 is 10.2 Å². The number of hydrogen-bond acceptors (Lipinski definition) is 6. The first-order chi connectivity index (χ1) is 16.1. The zero-order valence-electron chi connectivity index (χ0n) is 17.6. The van der Waals surface area contributed by atoms with E-state index in [1.54, 1.807) is 23.6 Å². The van der Waals surface area contributed by atoms with Gasteiger partial charge in [0.2, 0.25) is 5.91 Å². The van der Waals surface area contributed by atoms with Gasteiger partial charge < -0.3 is 15.1 Å². The van der Waals surface area contributed by atoms with Crippen molar-refractivity contribution in [2.24, 2.45) is 0 Å². The fourth-order valence-corrected chi connectivity index (χ4v) is 4.76. The number of anilines is 2.